The summed E-state index contributed by atoms with van der Waals surface area (Å²) in [5.74, 6) is -0.806. The molecule has 0 aromatic heterocycles. The summed E-state index contributed by atoms with van der Waals surface area (Å²) in [7, 11) is -1.93. The number of ether oxygens (including phenoxy) is 2. The topological polar surface area (TPSA) is 134 Å². The van der Waals surface area contributed by atoms with Crippen LogP contribution in [0, 0.1) is 5.92 Å². The van der Waals surface area contributed by atoms with Gasteiger partial charge < -0.3 is 39.5 Å². The molecule has 2 fully saturated rings. The number of fused-ring (bicyclic) bond motifs is 2. The molecule has 5 atom stereocenters. The second-order valence-electron chi connectivity index (χ2n) is 13.6. The summed E-state index contributed by atoms with van der Waals surface area (Å²) in [6, 6.07) is 19.0. The third kappa shape index (κ3) is 5.97. The van der Waals surface area contributed by atoms with Gasteiger partial charge in [-0.15, -0.1) is 0 Å². The summed E-state index contributed by atoms with van der Waals surface area (Å²) < 4.78 is 28.6. The fraction of sp³-hybridized carbons (Fsp3) is 0.417. The van der Waals surface area contributed by atoms with Crippen molar-refractivity contribution >= 4 is 43.2 Å². The minimum absolute atomic E-state index is 0.0657. The molecule has 3 aromatic carbocycles. The maximum absolute atomic E-state index is 16.3. The number of carbonyl (C=O) groups excluding carboxylic acids is 3. The van der Waals surface area contributed by atoms with E-state index >= 15 is 4.11 Å². The Bertz CT molecular complexity index is 1700. The van der Waals surface area contributed by atoms with Crippen molar-refractivity contribution in [2.45, 2.75) is 69.1 Å². The van der Waals surface area contributed by atoms with Crippen LogP contribution in [0.4, 0.5) is 21.2 Å². The van der Waals surface area contributed by atoms with Crippen LogP contribution in [-0.2, 0) is 26.5 Å². The standard InChI is InChI=1S/C36H43FN4O6Si/c1-22-33(48(3,4)37)31(19-32(43)40-17-5-6-27(40)21-42)47-36(22)29-18-28(46-2)15-16-30(29)41(35(36)45)20-23-7-13-26(14-8-23)39-34(44)24-9-11-25(38)12-10-24/h7-16,18,22,27,31,33,42H,5-6,17,19-21,38H2,1-4H3,(H,39,44)/t22-,27-,31+,33-,36+/m0/s1. The van der Waals surface area contributed by atoms with Gasteiger partial charge in [0.1, 0.15) is 5.75 Å². The summed E-state index contributed by atoms with van der Waals surface area (Å²) in [4.78, 5) is 44.3. The van der Waals surface area contributed by atoms with E-state index in [0.717, 1.165) is 18.4 Å². The van der Waals surface area contributed by atoms with Crippen molar-refractivity contribution in [1.29, 1.82) is 0 Å². The molecule has 3 aliphatic rings. The lowest BCUT2D eigenvalue weighted by atomic mass is 9.82. The Morgan fingerprint density at radius 1 is 1.12 bits per heavy atom. The lowest BCUT2D eigenvalue weighted by Gasteiger charge is -2.31. The largest absolute Gasteiger partial charge is 0.497 e. The van der Waals surface area contributed by atoms with Gasteiger partial charge in [0.2, 0.25) is 14.3 Å². The molecule has 10 nitrogen and oxygen atoms in total. The van der Waals surface area contributed by atoms with E-state index in [-0.39, 0.29) is 43.3 Å². The van der Waals surface area contributed by atoms with Crippen molar-refractivity contribution < 1.29 is 33.1 Å². The van der Waals surface area contributed by atoms with E-state index in [4.69, 9.17) is 15.2 Å². The van der Waals surface area contributed by atoms with Crippen LogP contribution in [0.3, 0.4) is 0 Å². The van der Waals surface area contributed by atoms with Gasteiger partial charge in [-0.1, -0.05) is 19.1 Å². The average Bonchev–Trinajstić information content (AvgIpc) is 3.72. The summed E-state index contributed by atoms with van der Waals surface area (Å²) >= 11 is 0. The zero-order valence-corrected chi connectivity index (χ0v) is 28.7. The first-order valence-electron chi connectivity index (χ1n) is 16.4. The highest BCUT2D eigenvalue weighted by Crippen LogP contribution is 2.60. The van der Waals surface area contributed by atoms with Crippen LogP contribution in [-0.4, -0.2) is 68.5 Å². The minimum atomic E-state index is -3.48. The summed E-state index contributed by atoms with van der Waals surface area (Å²) in [6.45, 7) is 5.70. The molecular formula is C36H43FN4O6Si. The first kappa shape index (κ1) is 33.6. The van der Waals surface area contributed by atoms with E-state index in [9.17, 15) is 19.5 Å². The third-order valence-electron chi connectivity index (χ3n) is 10.2. The Morgan fingerprint density at radius 3 is 2.48 bits per heavy atom. The van der Waals surface area contributed by atoms with Crippen LogP contribution in [0.1, 0.15) is 47.7 Å². The van der Waals surface area contributed by atoms with Crippen LogP contribution in [0.5, 0.6) is 5.75 Å². The second-order valence-corrected chi connectivity index (χ2v) is 17.4. The molecule has 3 heterocycles. The minimum Gasteiger partial charge on any atom is -0.497 e. The molecule has 0 bridgehead atoms. The first-order chi connectivity index (χ1) is 22.9. The van der Waals surface area contributed by atoms with Gasteiger partial charge in [-0.05, 0) is 86.1 Å². The predicted molar refractivity (Wildman–Crippen MR) is 184 cm³/mol. The highest BCUT2D eigenvalue weighted by Gasteiger charge is 2.67. The van der Waals surface area contributed by atoms with Crippen molar-refractivity contribution in [2.24, 2.45) is 5.92 Å². The monoisotopic (exact) mass is 674 g/mol. The fourth-order valence-electron chi connectivity index (χ4n) is 7.87. The number of aliphatic hydroxyl groups is 1. The van der Waals surface area contributed by atoms with Gasteiger partial charge in [-0.3, -0.25) is 14.4 Å². The van der Waals surface area contributed by atoms with E-state index in [1.165, 1.54) is 0 Å². The number of likely N-dealkylation sites (tertiary alicyclic amines) is 1. The molecule has 3 amide bonds. The quantitative estimate of drug-likeness (QED) is 0.161. The van der Waals surface area contributed by atoms with Crippen LogP contribution in [0.15, 0.2) is 66.7 Å². The van der Waals surface area contributed by atoms with Crippen LogP contribution < -0.4 is 20.7 Å². The second kappa shape index (κ2) is 13.0. The maximum Gasteiger partial charge on any atom is 0.264 e. The van der Waals surface area contributed by atoms with E-state index in [1.54, 1.807) is 78.5 Å². The maximum atomic E-state index is 16.3. The molecule has 0 saturated carbocycles. The molecule has 0 aliphatic carbocycles. The number of amides is 3. The lowest BCUT2D eigenvalue weighted by Crippen LogP contribution is -2.45. The average molecular weight is 675 g/mol. The molecule has 3 aromatic rings. The fourth-order valence-corrected chi connectivity index (χ4v) is 10.4. The van der Waals surface area contributed by atoms with Gasteiger partial charge in [0.05, 0.1) is 44.5 Å². The Balaban J connectivity index is 1.28. The number of rotatable bonds is 9. The SMILES string of the molecule is COc1ccc2c(c1)[C@@]1(O[C@H](CC(=O)N3CCC[C@H]3CO)[C@@H]([Si](C)(C)F)[C@@H]1C)C(=O)N2Cc1ccc(NC(=O)c2ccc(N)cc2)cc1. The molecule has 1 spiro atoms. The van der Waals surface area contributed by atoms with E-state index in [2.05, 4.69) is 5.32 Å². The van der Waals surface area contributed by atoms with Crippen molar-refractivity contribution in [1.82, 2.24) is 4.90 Å². The summed E-state index contributed by atoms with van der Waals surface area (Å²) in [5.41, 5.74) is 7.27. The molecule has 6 rings (SSSR count). The zero-order chi connectivity index (χ0) is 34.4. The van der Waals surface area contributed by atoms with Crippen molar-refractivity contribution in [3.63, 3.8) is 0 Å². The molecule has 48 heavy (non-hydrogen) atoms. The number of methoxy groups -OCH3 is 1. The van der Waals surface area contributed by atoms with Crippen LogP contribution in [0.2, 0.25) is 18.6 Å². The number of hydrogen-bond acceptors (Lipinski definition) is 7. The van der Waals surface area contributed by atoms with Gasteiger partial charge in [0.25, 0.3) is 11.8 Å². The Labute approximate surface area is 281 Å². The van der Waals surface area contributed by atoms with Crippen molar-refractivity contribution in [2.75, 3.05) is 36.2 Å². The molecular weight excluding hydrogens is 632 g/mol. The summed E-state index contributed by atoms with van der Waals surface area (Å²) in [5, 5.41) is 12.7. The van der Waals surface area contributed by atoms with Gasteiger partial charge >= 0.3 is 0 Å². The van der Waals surface area contributed by atoms with Crippen molar-refractivity contribution in [3.05, 3.63) is 83.4 Å². The van der Waals surface area contributed by atoms with E-state index in [1.807, 2.05) is 25.1 Å². The molecule has 0 unspecified atom stereocenters. The van der Waals surface area contributed by atoms with Crippen LogP contribution >= 0.6 is 0 Å². The number of carbonyl (C=O) groups is 3. The highest BCUT2D eigenvalue weighted by atomic mass is 28.4. The lowest BCUT2D eigenvalue weighted by molar-refractivity contribution is -0.150. The van der Waals surface area contributed by atoms with Gasteiger partial charge in [0.15, 0.2) is 5.60 Å². The molecule has 254 valence electrons. The molecule has 3 aliphatic heterocycles. The van der Waals surface area contributed by atoms with Crippen LogP contribution in [0.25, 0.3) is 0 Å². The zero-order valence-electron chi connectivity index (χ0n) is 27.7. The van der Waals surface area contributed by atoms with Gasteiger partial charge in [-0.25, -0.2) is 0 Å². The Hall–Kier alpha value is -4.26. The predicted octanol–water partition coefficient (Wildman–Crippen LogP) is 5.22. The van der Waals surface area contributed by atoms with Gasteiger partial charge in [-0.2, -0.15) is 0 Å². The number of nitrogens with zero attached hydrogens (tertiary/aromatic N) is 2. The normalized spacial score (nSPS) is 25.1. The molecule has 4 N–H and O–H groups in total. The number of anilines is 3. The number of aliphatic hydroxyl groups excluding tert-OH is 1. The highest BCUT2D eigenvalue weighted by molar-refractivity contribution is 6.72. The molecule has 12 heteroatoms. The Morgan fingerprint density at radius 2 is 1.83 bits per heavy atom. The van der Waals surface area contributed by atoms with Gasteiger partial charge in [0, 0.05) is 40.5 Å². The number of halogens is 1. The number of nitrogen functional groups attached to an aromatic ring is 1. The number of hydrogen-bond donors (Lipinski definition) is 3. The molecule has 0 radical (unpaired) electrons. The molecule has 2 saturated heterocycles. The number of benzene rings is 3. The third-order valence-corrected chi connectivity index (χ3v) is 12.6. The van der Waals surface area contributed by atoms with E-state index < -0.39 is 31.6 Å². The smallest absolute Gasteiger partial charge is 0.264 e. The van der Waals surface area contributed by atoms with E-state index in [0.29, 0.717) is 40.5 Å². The number of nitrogens with one attached hydrogen (secondary N) is 1. The first-order valence-corrected chi connectivity index (χ1v) is 19.4. The number of nitrogens with two attached hydrogens (primary N) is 1. The van der Waals surface area contributed by atoms with Crippen molar-refractivity contribution in [3.8, 4) is 5.75 Å². The summed E-state index contributed by atoms with van der Waals surface area (Å²) in [6.07, 6.45) is 0.638. The Kier molecular flexibility index (Phi) is 9.09.